The Morgan fingerprint density at radius 2 is 2.00 bits per heavy atom. The van der Waals surface area contributed by atoms with Crippen LogP contribution in [0.4, 0.5) is 13.2 Å². The number of hydrogen-bond donors (Lipinski definition) is 1. The van der Waals surface area contributed by atoms with Gasteiger partial charge in [-0.3, -0.25) is 0 Å². The van der Waals surface area contributed by atoms with E-state index in [4.69, 9.17) is 4.74 Å². The highest BCUT2D eigenvalue weighted by Crippen LogP contribution is 2.38. The molecule has 0 saturated heterocycles. The van der Waals surface area contributed by atoms with Crippen LogP contribution in [-0.2, 0) is 6.42 Å². The molecule has 1 fully saturated rings. The zero-order chi connectivity index (χ0) is 15.5. The number of likely N-dealkylation sites (N-methyl/N-ethyl adjacent to an activating group) is 1. The van der Waals surface area contributed by atoms with Crippen LogP contribution in [-0.4, -0.2) is 26.1 Å². The second kappa shape index (κ2) is 6.69. The minimum Gasteiger partial charge on any atom is -0.494 e. The Labute approximate surface area is 123 Å². The van der Waals surface area contributed by atoms with Gasteiger partial charge < -0.3 is 10.1 Å². The summed E-state index contributed by atoms with van der Waals surface area (Å²) in [6, 6.07) is 4.98. The van der Waals surface area contributed by atoms with Crippen molar-refractivity contribution in [3.8, 4) is 5.75 Å². The fraction of sp³-hybridized carbons (Fsp3) is 0.625. The van der Waals surface area contributed by atoms with Crippen LogP contribution in [0.3, 0.4) is 0 Å². The molecular weight excluding hydrogens is 279 g/mol. The molecule has 0 amide bonds. The molecule has 5 heteroatoms. The molecule has 1 aromatic rings. The van der Waals surface area contributed by atoms with Crippen molar-refractivity contribution in [2.45, 2.75) is 44.1 Å². The molecule has 0 bridgehead atoms. The van der Waals surface area contributed by atoms with E-state index in [9.17, 15) is 13.2 Å². The molecule has 1 aliphatic rings. The minimum absolute atomic E-state index is 0.0488. The summed E-state index contributed by atoms with van der Waals surface area (Å²) in [4.78, 5) is 0. The van der Waals surface area contributed by atoms with Gasteiger partial charge in [-0.25, -0.2) is 13.2 Å². The maximum atomic E-state index is 13.7. The summed E-state index contributed by atoms with van der Waals surface area (Å²) in [5.41, 5.74) is 0.852. The lowest BCUT2D eigenvalue weighted by Gasteiger charge is -2.33. The third kappa shape index (κ3) is 4.13. The summed E-state index contributed by atoms with van der Waals surface area (Å²) < 4.78 is 45.0. The topological polar surface area (TPSA) is 21.3 Å². The molecule has 0 aromatic heterocycles. The van der Waals surface area contributed by atoms with E-state index in [1.165, 1.54) is 13.2 Å². The third-order valence-corrected chi connectivity index (χ3v) is 4.37. The Bertz CT molecular complexity index is 469. The summed E-state index contributed by atoms with van der Waals surface area (Å²) in [6.07, 6.45) is 1.56. The highest BCUT2D eigenvalue weighted by molar-refractivity contribution is 5.29. The zero-order valence-corrected chi connectivity index (χ0v) is 12.5. The summed E-state index contributed by atoms with van der Waals surface area (Å²) in [5, 5.41) is 3.20. The van der Waals surface area contributed by atoms with Gasteiger partial charge in [0.25, 0.3) is 0 Å². The van der Waals surface area contributed by atoms with Crippen LogP contribution in [0.1, 0.15) is 31.2 Å². The van der Waals surface area contributed by atoms with Crippen molar-refractivity contribution < 1.29 is 17.9 Å². The number of rotatable bonds is 5. The lowest BCUT2D eigenvalue weighted by molar-refractivity contribution is -0.0492. The van der Waals surface area contributed by atoms with Gasteiger partial charge in [-0.05, 0) is 49.9 Å². The average molecular weight is 301 g/mol. The molecule has 1 aromatic carbocycles. The van der Waals surface area contributed by atoms with Crippen LogP contribution in [0.5, 0.6) is 5.75 Å². The summed E-state index contributed by atoms with van der Waals surface area (Å²) in [7, 11) is 3.26. The van der Waals surface area contributed by atoms with E-state index in [1.54, 1.807) is 6.07 Å². The molecule has 0 radical (unpaired) electrons. The predicted octanol–water partition coefficient (Wildman–Crippen LogP) is 3.79. The quantitative estimate of drug-likeness (QED) is 0.893. The fourth-order valence-electron chi connectivity index (χ4n) is 3.06. The van der Waals surface area contributed by atoms with Gasteiger partial charge in [0.1, 0.15) is 0 Å². The Balaban J connectivity index is 2.01. The smallest absolute Gasteiger partial charge is 0.248 e. The first kappa shape index (κ1) is 16.1. The van der Waals surface area contributed by atoms with Gasteiger partial charge in [-0.15, -0.1) is 0 Å². The van der Waals surface area contributed by atoms with Crippen LogP contribution in [0.2, 0.25) is 0 Å². The molecule has 1 unspecified atom stereocenters. The van der Waals surface area contributed by atoms with Crippen molar-refractivity contribution in [3.05, 3.63) is 29.6 Å². The van der Waals surface area contributed by atoms with Crippen molar-refractivity contribution in [1.29, 1.82) is 0 Å². The summed E-state index contributed by atoms with van der Waals surface area (Å²) >= 11 is 0. The molecule has 21 heavy (non-hydrogen) atoms. The summed E-state index contributed by atoms with van der Waals surface area (Å²) in [5.74, 6) is -2.47. The van der Waals surface area contributed by atoms with E-state index in [1.807, 2.05) is 13.1 Å². The number of hydrogen-bond acceptors (Lipinski definition) is 2. The van der Waals surface area contributed by atoms with Crippen LogP contribution in [0, 0.1) is 11.7 Å². The largest absolute Gasteiger partial charge is 0.494 e. The van der Waals surface area contributed by atoms with Gasteiger partial charge in [0, 0.05) is 18.9 Å². The molecule has 1 aliphatic carbocycles. The first-order chi connectivity index (χ1) is 9.95. The molecule has 0 heterocycles. The Kier molecular flexibility index (Phi) is 5.14. The van der Waals surface area contributed by atoms with E-state index in [-0.39, 0.29) is 36.4 Å². The SMILES string of the molecule is CNC(Cc1ccc(OC)c(F)c1)C1CCC(F)(F)CC1. The van der Waals surface area contributed by atoms with Crippen LogP contribution in [0.15, 0.2) is 18.2 Å². The van der Waals surface area contributed by atoms with Gasteiger partial charge in [0.05, 0.1) is 7.11 Å². The van der Waals surface area contributed by atoms with Gasteiger partial charge in [0.2, 0.25) is 5.92 Å². The Hall–Kier alpha value is -1.23. The number of nitrogens with one attached hydrogen (secondary N) is 1. The molecule has 2 nitrogen and oxygen atoms in total. The minimum atomic E-state index is -2.51. The van der Waals surface area contributed by atoms with Gasteiger partial charge in [-0.1, -0.05) is 6.07 Å². The van der Waals surface area contributed by atoms with Crippen LogP contribution in [0.25, 0.3) is 0 Å². The number of ether oxygens (including phenoxy) is 1. The van der Waals surface area contributed by atoms with Crippen molar-refractivity contribution in [3.63, 3.8) is 0 Å². The number of halogens is 3. The normalized spacial score (nSPS) is 20.2. The van der Waals surface area contributed by atoms with Gasteiger partial charge in [0.15, 0.2) is 11.6 Å². The second-order valence-electron chi connectivity index (χ2n) is 5.76. The highest BCUT2D eigenvalue weighted by atomic mass is 19.3. The van der Waals surface area contributed by atoms with Crippen LogP contribution >= 0.6 is 0 Å². The van der Waals surface area contributed by atoms with Crippen molar-refractivity contribution in [2.75, 3.05) is 14.2 Å². The maximum Gasteiger partial charge on any atom is 0.248 e. The number of methoxy groups -OCH3 is 1. The van der Waals surface area contributed by atoms with Crippen molar-refractivity contribution in [2.24, 2.45) is 5.92 Å². The van der Waals surface area contributed by atoms with Crippen molar-refractivity contribution in [1.82, 2.24) is 5.32 Å². The lowest BCUT2D eigenvalue weighted by atomic mass is 9.80. The maximum absolute atomic E-state index is 13.7. The predicted molar refractivity (Wildman–Crippen MR) is 76.4 cm³/mol. The Morgan fingerprint density at radius 3 is 2.52 bits per heavy atom. The van der Waals surface area contributed by atoms with E-state index >= 15 is 0 Å². The first-order valence-corrected chi connectivity index (χ1v) is 7.32. The highest BCUT2D eigenvalue weighted by Gasteiger charge is 2.37. The monoisotopic (exact) mass is 301 g/mol. The van der Waals surface area contributed by atoms with E-state index in [2.05, 4.69) is 5.32 Å². The number of benzene rings is 1. The number of alkyl halides is 2. The molecular formula is C16H22F3NO. The lowest BCUT2D eigenvalue weighted by Crippen LogP contribution is -2.39. The fourth-order valence-corrected chi connectivity index (χ4v) is 3.06. The van der Waals surface area contributed by atoms with E-state index in [0.717, 1.165) is 5.56 Å². The third-order valence-electron chi connectivity index (χ3n) is 4.37. The van der Waals surface area contributed by atoms with E-state index < -0.39 is 5.92 Å². The Morgan fingerprint density at radius 1 is 1.33 bits per heavy atom. The van der Waals surface area contributed by atoms with Gasteiger partial charge >= 0.3 is 0 Å². The van der Waals surface area contributed by atoms with Gasteiger partial charge in [-0.2, -0.15) is 0 Å². The average Bonchev–Trinajstić information content (AvgIpc) is 2.45. The first-order valence-electron chi connectivity index (χ1n) is 7.32. The van der Waals surface area contributed by atoms with Crippen molar-refractivity contribution >= 4 is 0 Å². The van der Waals surface area contributed by atoms with E-state index in [0.29, 0.717) is 19.3 Å². The molecule has 1 saturated carbocycles. The molecule has 118 valence electrons. The molecule has 2 rings (SSSR count). The molecule has 0 aliphatic heterocycles. The summed E-state index contributed by atoms with van der Waals surface area (Å²) in [6.45, 7) is 0. The second-order valence-corrected chi connectivity index (χ2v) is 5.76. The molecule has 1 atom stereocenters. The standard InChI is InChI=1S/C16H22F3NO/c1-20-14(12-5-7-16(18,19)8-6-12)10-11-3-4-15(21-2)13(17)9-11/h3-4,9,12,14,20H,5-8,10H2,1-2H3. The van der Waals surface area contributed by atoms with Crippen LogP contribution < -0.4 is 10.1 Å². The molecule has 1 N–H and O–H groups in total. The molecule has 0 spiro atoms. The zero-order valence-electron chi connectivity index (χ0n) is 12.5.